The summed E-state index contributed by atoms with van der Waals surface area (Å²) in [4.78, 5) is 4.21. The summed E-state index contributed by atoms with van der Waals surface area (Å²) in [6.45, 7) is 1.77. The fourth-order valence-electron chi connectivity index (χ4n) is 1.76. The van der Waals surface area contributed by atoms with Crippen LogP contribution in [0.4, 0.5) is 5.69 Å². The van der Waals surface area contributed by atoms with E-state index in [1.807, 2.05) is 12.1 Å². The van der Waals surface area contributed by atoms with Crippen molar-refractivity contribution in [2.75, 3.05) is 5.73 Å². The first kappa shape index (κ1) is 10.9. The zero-order valence-electron chi connectivity index (χ0n) is 9.09. The Balaban J connectivity index is 2.67. The summed E-state index contributed by atoms with van der Waals surface area (Å²) >= 11 is 0. The lowest BCUT2D eigenvalue weighted by Crippen LogP contribution is -2.24. The molecular weight excluding hydrogens is 202 g/mol. The lowest BCUT2D eigenvalue weighted by Gasteiger charge is -2.17. The summed E-state index contributed by atoms with van der Waals surface area (Å²) in [6, 6.07) is 6.97. The van der Waals surface area contributed by atoms with E-state index in [-0.39, 0.29) is 6.04 Å². The molecule has 0 aliphatic carbocycles. The van der Waals surface area contributed by atoms with Crippen LogP contribution in [0.25, 0.3) is 10.9 Å². The number of nitrogens with zero attached hydrogens (tertiary/aromatic N) is 1. The number of aliphatic hydroxyl groups excluding tert-OH is 1. The van der Waals surface area contributed by atoms with Crippen molar-refractivity contribution in [3.63, 3.8) is 0 Å². The molecule has 2 atom stereocenters. The highest BCUT2D eigenvalue weighted by Crippen LogP contribution is 2.27. The van der Waals surface area contributed by atoms with Gasteiger partial charge in [0.25, 0.3) is 0 Å². The molecule has 0 aliphatic rings. The number of nitrogens with two attached hydrogens (primary N) is 2. The summed E-state index contributed by atoms with van der Waals surface area (Å²) in [5.74, 6) is 0. The minimum atomic E-state index is -0.702. The fourth-order valence-corrected chi connectivity index (χ4v) is 1.76. The smallest absolute Gasteiger partial charge is 0.0945 e. The van der Waals surface area contributed by atoms with Gasteiger partial charge in [0.05, 0.1) is 17.3 Å². The molecule has 0 amide bonds. The standard InChI is InChI=1S/C12H15N3O/c1-7(13)12(16)9-5-6-15-11-8(9)3-2-4-10(11)14/h2-7,12,16H,13-14H2,1H3. The molecule has 0 aliphatic heterocycles. The van der Waals surface area contributed by atoms with Crippen molar-refractivity contribution in [2.45, 2.75) is 19.1 Å². The largest absolute Gasteiger partial charge is 0.397 e. The van der Waals surface area contributed by atoms with Crippen LogP contribution in [0, 0.1) is 0 Å². The van der Waals surface area contributed by atoms with Crippen molar-refractivity contribution in [1.82, 2.24) is 4.98 Å². The molecule has 0 fully saturated rings. The van der Waals surface area contributed by atoms with E-state index < -0.39 is 6.10 Å². The third-order valence-corrected chi connectivity index (χ3v) is 2.65. The lowest BCUT2D eigenvalue weighted by molar-refractivity contribution is 0.155. The molecule has 16 heavy (non-hydrogen) atoms. The maximum absolute atomic E-state index is 9.99. The van der Waals surface area contributed by atoms with Gasteiger partial charge < -0.3 is 16.6 Å². The van der Waals surface area contributed by atoms with Gasteiger partial charge in [-0.15, -0.1) is 0 Å². The summed E-state index contributed by atoms with van der Waals surface area (Å²) in [7, 11) is 0. The normalized spacial score (nSPS) is 14.9. The molecule has 0 saturated heterocycles. The summed E-state index contributed by atoms with van der Waals surface area (Å²) in [5.41, 5.74) is 13.6. The molecule has 1 aromatic carbocycles. The van der Waals surface area contributed by atoms with Crippen molar-refractivity contribution >= 4 is 16.6 Å². The lowest BCUT2D eigenvalue weighted by atomic mass is 9.99. The first-order chi connectivity index (χ1) is 7.61. The van der Waals surface area contributed by atoms with E-state index in [0.717, 1.165) is 10.9 Å². The number of rotatable bonds is 2. The average molecular weight is 217 g/mol. The predicted molar refractivity (Wildman–Crippen MR) is 64.8 cm³/mol. The summed E-state index contributed by atoms with van der Waals surface area (Å²) in [5, 5.41) is 10.8. The van der Waals surface area contributed by atoms with E-state index in [0.29, 0.717) is 11.2 Å². The second-order valence-corrected chi connectivity index (χ2v) is 3.95. The van der Waals surface area contributed by atoms with E-state index in [4.69, 9.17) is 11.5 Å². The van der Waals surface area contributed by atoms with Gasteiger partial charge in [0.15, 0.2) is 0 Å². The number of anilines is 1. The van der Waals surface area contributed by atoms with Gasteiger partial charge in [-0.3, -0.25) is 4.98 Å². The van der Waals surface area contributed by atoms with Crippen molar-refractivity contribution in [2.24, 2.45) is 5.73 Å². The highest BCUT2D eigenvalue weighted by Gasteiger charge is 2.15. The van der Waals surface area contributed by atoms with E-state index in [9.17, 15) is 5.11 Å². The molecule has 84 valence electrons. The molecule has 0 spiro atoms. The zero-order chi connectivity index (χ0) is 11.7. The van der Waals surface area contributed by atoms with Crippen molar-refractivity contribution in [3.8, 4) is 0 Å². The van der Waals surface area contributed by atoms with Gasteiger partial charge in [0.1, 0.15) is 0 Å². The first-order valence-corrected chi connectivity index (χ1v) is 5.18. The second kappa shape index (κ2) is 4.08. The van der Waals surface area contributed by atoms with Crippen LogP contribution in [0.1, 0.15) is 18.6 Å². The molecule has 2 aromatic rings. The Kier molecular flexibility index (Phi) is 2.77. The monoisotopic (exact) mass is 217 g/mol. The SMILES string of the molecule is CC(N)C(O)c1ccnc2c(N)cccc12. The van der Waals surface area contributed by atoms with Crippen LogP contribution < -0.4 is 11.5 Å². The maximum atomic E-state index is 9.99. The quantitative estimate of drug-likeness (QED) is 0.660. The van der Waals surface area contributed by atoms with Gasteiger partial charge in [-0.05, 0) is 24.6 Å². The maximum Gasteiger partial charge on any atom is 0.0945 e. The highest BCUT2D eigenvalue weighted by molar-refractivity contribution is 5.91. The third kappa shape index (κ3) is 1.73. The number of pyridine rings is 1. The van der Waals surface area contributed by atoms with Crippen molar-refractivity contribution in [1.29, 1.82) is 0 Å². The summed E-state index contributed by atoms with van der Waals surface area (Å²) < 4.78 is 0. The van der Waals surface area contributed by atoms with Gasteiger partial charge in [-0.25, -0.2) is 0 Å². The zero-order valence-corrected chi connectivity index (χ0v) is 9.09. The van der Waals surface area contributed by atoms with Gasteiger partial charge in [0.2, 0.25) is 0 Å². The fraction of sp³-hybridized carbons (Fsp3) is 0.250. The van der Waals surface area contributed by atoms with E-state index in [2.05, 4.69) is 4.98 Å². The molecule has 2 rings (SSSR count). The average Bonchev–Trinajstić information content (AvgIpc) is 2.28. The Bertz CT molecular complexity index is 511. The van der Waals surface area contributed by atoms with Crippen LogP contribution in [-0.2, 0) is 0 Å². The van der Waals surface area contributed by atoms with Gasteiger partial charge in [-0.1, -0.05) is 12.1 Å². The van der Waals surface area contributed by atoms with E-state index in [1.165, 1.54) is 0 Å². The van der Waals surface area contributed by atoms with Gasteiger partial charge >= 0.3 is 0 Å². The Morgan fingerprint density at radius 2 is 2.06 bits per heavy atom. The Morgan fingerprint density at radius 3 is 2.75 bits per heavy atom. The predicted octanol–water partition coefficient (Wildman–Crippen LogP) is 1.20. The topological polar surface area (TPSA) is 85.2 Å². The first-order valence-electron chi connectivity index (χ1n) is 5.18. The molecule has 2 unspecified atom stereocenters. The van der Waals surface area contributed by atoms with Crippen molar-refractivity contribution in [3.05, 3.63) is 36.0 Å². The number of fused-ring (bicyclic) bond motifs is 1. The van der Waals surface area contributed by atoms with Gasteiger partial charge in [0, 0.05) is 17.6 Å². The summed E-state index contributed by atoms with van der Waals surface area (Å²) in [6.07, 6.45) is 0.937. The van der Waals surface area contributed by atoms with Crippen LogP contribution in [0.3, 0.4) is 0 Å². The number of hydrogen-bond acceptors (Lipinski definition) is 4. The minimum absolute atomic E-state index is 0.327. The van der Waals surface area contributed by atoms with Gasteiger partial charge in [-0.2, -0.15) is 0 Å². The second-order valence-electron chi connectivity index (χ2n) is 3.95. The van der Waals surface area contributed by atoms with Crippen LogP contribution in [0.5, 0.6) is 0 Å². The Morgan fingerprint density at radius 1 is 1.31 bits per heavy atom. The molecular formula is C12H15N3O. The van der Waals surface area contributed by atoms with Crippen molar-refractivity contribution < 1.29 is 5.11 Å². The molecule has 4 nitrogen and oxygen atoms in total. The molecule has 0 radical (unpaired) electrons. The number of benzene rings is 1. The Hall–Kier alpha value is -1.65. The van der Waals surface area contributed by atoms with Crippen LogP contribution >= 0.6 is 0 Å². The van der Waals surface area contributed by atoms with Crippen LogP contribution in [0.2, 0.25) is 0 Å². The molecule has 0 bridgehead atoms. The highest BCUT2D eigenvalue weighted by atomic mass is 16.3. The molecule has 1 heterocycles. The molecule has 1 aromatic heterocycles. The molecule has 4 heteroatoms. The molecule has 0 saturated carbocycles. The number of para-hydroxylation sites is 1. The van der Waals surface area contributed by atoms with Crippen LogP contribution in [-0.4, -0.2) is 16.1 Å². The third-order valence-electron chi connectivity index (χ3n) is 2.65. The number of aromatic nitrogens is 1. The van der Waals surface area contributed by atoms with E-state index in [1.54, 1.807) is 25.3 Å². The number of hydrogen-bond donors (Lipinski definition) is 3. The van der Waals surface area contributed by atoms with E-state index >= 15 is 0 Å². The number of nitrogen functional groups attached to an aromatic ring is 1. The Labute approximate surface area is 93.9 Å². The van der Waals surface area contributed by atoms with Crippen LogP contribution in [0.15, 0.2) is 30.5 Å². The number of aliphatic hydroxyl groups is 1. The molecule has 5 N–H and O–H groups in total. The minimum Gasteiger partial charge on any atom is -0.397 e.